The van der Waals surface area contributed by atoms with Crippen molar-refractivity contribution < 1.29 is 28.2 Å². The Kier molecular flexibility index (Phi) is 6.69. The lowest BCUT2D eigenvalue weighted by atomic mass is 10.1. The molecule has 0 bridgehead atoms. The molecule has 31 heavy (non-hydrogen) atoms. The molecule has 2 aromatic carbocycles. The van der Waals surface area contributed by atoms with Gasteiger partial charge in [-0.15, -0.1) is 0 Å². The summed E-state index contributed by atoms with van der Waals surface area (Å²) in [5, 5.41) is 0. The number of amides is 1. The molecular weight excluding hydrogens is 403 g/mol. The molecule has 0 aliphatic carbocycles. The molecule has 0 radical (unpaired) electrons. The van der Waals surface area contributed by atoms with Crippen LogP contribution in [0.5, 0.6) is 11.5 Å². The zero-order valence-corrected chi connectivity index (χ0v) is 17.7. The summed E-state index contributed by atoms with van der Waals surface area (Å²) < 4.78 is 30.5. The Morgan fingerprint density at radius 3 is 2.65 bits per heavy atom. The van der Waals surface area contributed by atoms with Crippen molar-refractivity contribution in [3.05, 3.63) is 65.1 Å². The number of carbonyl (C=O) groups excluding carboxylic acids is 2. The number of hydrogen-bond donors (Lipinski definition) is 0. The highest BCUT2D eigenvalue weighted by atomic mass is 19.1. The summed E-state index contributed by atoms with van der Waals surface area (Å²) >= 11 is 0. The highest BCUT2D eigenvalue weighted by Gasteiger charge is 2.26. The molecule has 8 heteroatoms. The average molecular weight is 426 g/mol. The number of halogens is 1. The first-order valence-corrected chi connectivity index (χ1v) is 9.72. The van der Waals surface area contributed by atoms with Crippen LogP contribution in [0, 0.1) is 5.82 Å². The van der Waals surface area contributed by atoms with E-state index in [1.807, 2.05) is 6.92 Å². The monoisotopic (exact) mass is 426 g/mol. The minimum atomic E-state index is -0.698. The third kappa shape index (κ3) is 5.09. The predicted octanol–water partition coefficient (Wildman–Crippen LogP) is 3.42. The van der Waals surface area contributed by atoms with Gasteiger partial charge in [-0.1, -0.05) is 18.2 Å². The van der Waals surface area contributed by atoms with Crippen LogP contribution in [0.4, 0.5) is 4.39 Å². The van der Waals surface area contributed by atoms with Crippen molar-refractivity contribution in [2.45, 2.75) is 20.0 Å². The minimum Gasteiger partial charge on any atom is -0.490 e. The molecule has 1 heterocycles. The molecule has 1 atom stereocenters. The summed E-state index contributed by atoms with van der Waals surface area (Å²) in [4.78, 5) is 29.9. The van der Waals surface area contributed by atoms with Crippen molar-refractivity contribution in [2.75, 3.05) is 20.7 Å². The zero-order chi connectivity index (χ0) is 22.5. The van der Waals surface area contributed by atoms with Gasteiger partial charge in [-0.2, -0.15) is 0 Å². The molecule has 1 aliphatic rings. The Hall–Kier alpha value is -3.68. The van der Waals surface area contributed by atoms with Gasteiger partial charge in [0.15, 0.2) is 23.3 Å². The van der Waals surface area contributed by atoms with Gasteiger partial charge < -0.3 is 19.1 Å². The van der Waals surface area contributed by atoms with Gasteiger partial charge >= 0.3 is 5.97 Å². The quantitative estimate of drug-likeness (QED) is 0.501. The lowest BCUT2D eigenvalue weighted by molar-refractivity contribution is -0.135. The summed E-state index contributed by atoms with van der Waals surface area (Å²) in [6.45, 7) is 3.86. The number of nitrogens with zero attached hydrogens (tertiary/aromatic N) is 2. The molecule has 162 valence electrons. The number of ether oxygens (including phenoxy) is 3. The Morgan fingerprint density at radius 1 is 1.23 bits per heavy atom. The van der Waals surface area contributed by atoms with E-state index in [4.69, 9.17) is 14.2 Å². The molecule has 0 N–H and O–H groups in total. The van der Waals surface area contributed by atoms with E-state index in [0.29, 0.717) is 23.7 Å². The van der Waals surface area contributed by atoms with Crippen molar-refractivity contribution in [1.29, 1.82) is 0 Å². The lowest BCUT2D eigenvalue weighted by Crippen LogP contribution is -2.35. The fourth-order valence-corrected chi connectivity index (χ4v) is 2.90. The number of carbonyl (C=O) groups is 2. The van der Waals surface area contributed by atoms with Crippen molar-refractivity contribution >= 4 is 23.9 Å². The number of esters is 1. The molecule has 0 saturated carbocycles. The Morgan fingerprint density at radius 2 is 1.97 bits per heavy atom. The maximum absolute atomic E-state index is 14.0. The van der Waals surface area contributed by atoms with Gasteiger partial charge in [-0.3, -0.25) is 4.79 Å². The summed E-state index contributed by atoms with van der Waals surface area (Å²) in [6.07, 6.45) is 0.813. The van der Waals surface area contributed by atoms with Crippen LogP contribution in [0.2, 0.25) is 0 Å². The van der Waals surface area contributed by atoms with Crippen LogP contribution in [-0.2, 0) is 14.3 Å². The highest BCUT2D eigenvalue weighted by Crippen LogP contribution is 2.31. The normalized spacial score (nSPS) is 15.3. The second-order valence-corrected chi connectivity index (χ2v) is 6.95. The third-order valence-electron chi connectivity index (χ3n) is 4.39. The fourth-order valence-electron chi connectivity index (χ4n) is 2.90. The number of benzene rings is 2. The first-order chi connectivity index (χ1) is 14.8. The molecule has 0 saturated heterocycles. The van der Waals surface area contributed by atoms with E-state index in [1.165, 1.54) is 23.1 Å². The summed E-state index contributed by atoms with van der Waals surface area (Å²) in [5.74, 6) is -0.664. The van der Waals surface area contributed by atoms with Gasteiger partial charge in [-0.25, -0.2) is 14.2 Å². The fraction of sp³-hybridized carbons (Fsp3) is 0.261. The average Bonchev–Trinajstić information content (AvgIpc) is 3.09. The smallest absolute Gasteiger partial charge is 0.363 e. The topological polar surface area (TPSA) is 77.4 Å². The molecular formula is C23H23FN2O5. The molecule has 1 aliphatic heterocycles. The standard InChI is InChI=1S/C23H23FN2O5/c1-5-29-20-13-15(10-11-19(20)30-14(2)22(27)26(3)4)12-18-23(28)31-21(25-18)16-8-6-7-9-17(16)24/h6-14H,5H2,1-4H3/b18-12-. The SMILES string of the molecule is CCOc1cc(/C=C2\N=C(c3ccccc3F)OC2=O)ccc1OC(C)C(=O)N(C)C. The third-order valence-corrected chi connectivity index (χ3v) is 4.39. The van der Waals surface area contributed by atoms with E-state index in [-0.39, 0.29) is 23.1 Å². The van der Waals surface area contributed by atoms with E-state index in [1.54, 1.807) is 51.4 Å². The van der Waals surface area contributed by atoms with Crippen molar-refractivity contribution in [3.63, 3.8) is 0 Å². The van der Waals surface area contributed by atoms with E-state index < -0.39 is 17.9 Å². The van der Waals surface area contributed by atoms with Gasteiger partial charge in [0.25, 0.3) is 5.91 Å². The van der Waals surface area contributed by atoms with Crippen LogP contribution >= 0.6 is 0 Å². The van der Waals surface area contributed by atoms with Crippen molar-refractivity contribution in [3.8, 4) is 11.5 Å². The molecule has 7 nitrogen and oxygen atoms in total. The summed E-state index contributed by atoms with van der Waals surface area (Å²) in [7, 11) is 3.30. The number of likely N-dealkylation sites (N-methyl/N-ethyl adjacent to an activating group) is 1. The first-order valence-electron chi connectivity index (χ1n) is 9.72. The molecule has 0 aromatic heterocycles. The van der Waals surface area contributed by atoms with Gasteiger partial charge in [0.1, 0.15) is 5.82 Å². The Labute approximate surface area is 179 Å². The summed E-state index contributed by atoms with van der Waals surface area (Å²) in [6, 6.07) is 10.9. The maximum atomic E-state index is 14.0. The largest absolute Gasteiger partial charge is 0.490 e. The number of hydrogen-bond acceptors (Lipinski definition) is 6. The van der Waals surface area contributed by atoms with Crippen molar-refractivity contribution in [1.82, 2.24) is 4.90 Å². The van der Waals surface area contributed by atoms with E-state index in [0.717, 1.165) is 0 Å². The Balaban J connectivity index is 1.88. The van der Waals surface area contributed by atoms with Crippen LogP contribution in [0.3, 0.4) is 0 Å². The van der Waals surface area contributed by atoms with Gasteiger partial charge in [0.2, 0.25) is 5.90 Å². The minimum absolute atomic E-state index is 0.0329. The number of aliphatic imine (C=N–C) groups is 1. The maximum Gasteiger partial charge on any atom is 0.363 e. The molecule has 1 unspecified atom stereocenters. The van der Waals surface area contributed by atoms with Crippen LogP contribution < -0.4 is 9.47 Å². The second-order valence-electron chi connectivity index (χ2n) is 6.95. The van der Waals surface area contributed by atoms with E-state index >= 15 is 0 Å². The van der Waals surface area contributed by atoms with Gasteiger partial charge in [0.05, 0.1) is 12.2 Å². The van der Waals surface area contributed by atoms with Crippen LogP contribution in [0.1, 0.15) is 25.0 Å². The molecule has 1 amide bonds. The Bertz CT molecular complexity index is 1060. The van der Waals surface area contributed by atoms with Crippen molar-refractivity contribution in [2.24, 2.45) is 4.99 Å². The van der Waals surface area contributed by atoms with Crippen LogP contribution in [0.15, 0.2) is 53.2 Å². The van der Waals surface area contributed by atoms with Gasteiger partial charge in [0, 0.05) is 14.1 Å². The van der Waals surface area contributed by atoms with Crippen LogP contribution in [0.25, 0.3) is 6.08 Å². The number of rotatable bonds is 7. The second kappa shape index (κ2) is 9.42. The predicted molar refractivity (Wildman–Crippen MR) is 113 cm³/mol. The van der Waals surface area contributed by atoms with E-state index in [2.05, 4.69) is 4.99 Å². The van der Waals surface area contributed by atoms with Crippen LogP contribution in [-0.4, -0.2) is 49.5 Å². The highest BCUT2D eigenvalue weighted by molar-refractivity contribution is 6.12. The molecule has 2 aromatic rings. The van der Waals surface area contributed by atoms with E-state index in [9.17, 15) is 14.0 Å². The molecule has 3 rings (SSSR count). The number of cyclic esters (lactones) is 1. The van der Waals surface area contributed by atoms with Gasteiger partial charge in [-0.05, 0) is 49.8 Å². The molecule has 0 spiro atoms. The molecule has 0 fully saturated rings. The zero-order valence-electron chi connectivity index (χ0n) is 17.7. The summed E-state index contributed by atoms with van der Waals surface area (Å²) in [5.41, 5.74) is 0.746. The lowest BCUT2D eigenvalue weighted by Gasteiger charge is -2.20. The first kappa shape index (κ1) is 22.0.